The van der Waals surface area contributed by atoms with Gasteiger partial charge in [-0.1, -0.05) is 32.1 Å². The molecule has 2 saturated heterocycles. The summed E-state index contributed by atoms with van der Waals surface area (Å²) < 4.78 is 17.4. The van der Waals surface area contributed by atoms with Gasteiger partial charge in [-0.05, 0) is 63.2 Å². The van der Waals surface area contributed by atoms with Crippen molar-refractivity contribution in [1.29, 1.82) is 0 Å². The average Bonchev–Trinajstić information content (AvgIpc) is 2.93. The van der Waals surface area contributed by atoms with Crippen LogP contribution in [-0.2, 0) is 19.0 Å². The van der Waals surface area contributed by atoms with Crippen molar-refractivity contribution in [2.75, 3.05) is 13.2 Å². The summed E-state index contributed by atoms with van der Waals surface area (Å²) in [7, 11) is 0. The second kappa shape index (κ2) is 6.68. The first-order chi connectivity index (χ1) is 13.1. The lowest BCUT2D eigenvalue weighted by molar-refractivity contribution is -0.344. The van der Waals surface area contributed by atoms with Gasteiger partial charge in [0.2, 0.25) is 0 Å². The average molecular weight is 391 g/mol. The Kier molecular flexibility index (Phi) is 4.80. The molecule has 0 unspecified atom stereocenters. The van der Waals surface area contributed by atoms with Crippen molar-refractivity contribution in [1.82, 2.24) is 0 Å². The van der Waals surface area contributed by atoms with Gasteiger partial charge < -0.3 is 19.3 Å². The molecule has 2 saturated carbocycles. The van der Waals surface area contributed by atoms with E-state index in [1.807, 2.05) is 19.9 Å². The number of fused-ring (bicyclic) bond motifs is 3. The summed E-state index contributed by atoms with van der Waals surface area (Å²) >= 11 is 0. The van der Waals surface area contributed by atoms with Crippen LogP contribution >= 0.6 is 0 Å². The van der Waals surface area contributed by atoms with E-state index in [1.165, 1.54) is 5.57 Å². The molecule has 2 aliphatic heterocycles. The molecule has 28 heavy (non-hydrogen) atoms. The molecule has 0 amide bonds. The van der Waals surface area contributed by atoms with Gasteiger partial charge in [0, 0.05) is 5.41 Å². The first-order valence-electron chi connectivity index (χ1n) is 10.6. The van der Waals surface area contributed by atoms with E-state index < -0.39 is 11.9 Å². The normalized spacial score (nSPS) is 46.8. The first kappa shape index (κ1) is 20.1. The number of hydrogen-bond acceptors (Lipinski definition) is 5. The van der Waals surface area contributed by atoms with Gasteiger partial charge >= 0.3 is 5.97 Å². The number of aliphatic hydroxyl groups excluding tert-OH is 1. The number of allylic oxidation sites excluding steroid dienone is 2. The highest BCUT2D eigenvalue weighted by molar-refractivity contribution is 5.91. The van der Waals surface area contributed by atoms with Crippen LogP contribution in [-0.4, -0.2) is 42.3 Å². The Labute approximate surface area is 168 Å². The Morgan fingerprint density at radius 2 is 1.96 bits per heavy atom. The van der Waals surface area contributed by atoms with Crippen molar-refractivity contribution in [3.63, 3.8) is 0 Å². The number of hydrogen-bond donors (Lipinski definition) is 1. The zero-order chi connectivity index (χ0) is 20.3. The van der Waals surface area contributed by atoms with Gasteiger partial charge in [-0.15, -0.1) is 0 Å². The molecule has 0 aromatic heterocycles. The maximum Gasteiger partial charge on any atom is 0.336 e. The Bertz CT molecular complexity index is 710. The van der Waals surface area contributed by atoms with E-state index in [2.05, 4.69) is 20.4 Å². The third-order valence-corrected chi connectivity index (χ3v) is 8.01. The number of cyclic esters (lactones) is 1. The second-order valence-electron chi connectivity index (χ2n) is 10.2. The van der Waals surface area contributed by atoms with Crippen molar-refractivity contribution >= 4 is 5.97 Å². The zero-order valence-corrected chi connectivity index (χ0v) is 17.6. The fourth-order valence-electron chi connectivity index (χ4n) is 6.43. The van der Waals surface area contributed by atoms with Crippen LogP contribution in [0.25, 0.3) is 0 Å². The van der Waals surface area contributed by atoms with Gasteiger partial charge in [0.1, 0.15) is 12.7 Å². The van der Waals surface area contributed by atoms with Crippen LogP contribution < -0.4 is 0 Å². The summed E-state index contributed by atoms with van der Waals surface area (Å²) in [5.74, 6) is -0.141. The summed E-state index contributed by atoms with van der Waals surface area (Å²) in [6.45, 7) is 13.9. The van der Waals surface area contributed by atoms with Crippen molar-refractivity contribution in [2.24, 2.45) is 22.7 Å². The van der Waals surface area contributed by atoms with Crippen LogP contribution in [0.15, 0.2) is 23.8 Å². The summed E-state index contributed by atoms with van der Waals surface area (Å²) in [4.78, 5) is 11.9. The lowest BCUT2D eigenvalue weighted by Gasteiger charge is -2.63. The number of carbonyl (C=O) groups is 1. The minimum atomic E-state index is -0.802. The molecule has 5 heteroatoms. The summed E-state index contributed by atoms with van der Waals surface area (Å²) in [6.07, 6.45) is 6.22. The van der Waals surface area contributed by atoms with Crippen LogP contribution in [0.3, 0.4) is 0 Å². The molecule has 4 rings (SSSR count). The molecular weight excluding hydrogens is 356 g/mol. The number of aliphatic hydroxyl groups is 1. The minimum Gasteiger partial charge on any atom is -0.459 e. The van der Waals surface area contributed by atoms with E-state index in [0.29, 0.717) is 11.5 Å². The molecule has 4 aliphatic rings. The first-order valence-corrected chi connectivity index (χ1v) is 10.6. The number of rotatable bonds is 2. The van der Waals surface area contributed by atoms with Crippen LogP contribution in [0.1, 0.15) is 59.8 Å². The molecule has 6 atom stereocenters. The monoisotopic (exact) mass is 390 g/mol. The van der Waals surface area contributed by atoms with Crippen molar-refractivity contribution in [3.05, 3.63) is 23.8 Å². The van der Waals surface area contributed by atoms with E-state index >= 15 is 0 Å². The standard InChI is InChI=1S/C23H34O5/c1-14-6-9-18-22(4,16(14)8-7-15-17(24)12-26-20(15)25)11-10-19-23(18,5)13-27-21(2,3)28-19/h7,16-19,24H,1,6,8-13H2,2-5H3/b15-7+/t16-,17+,18-,19+,22+,23-/m0/s1. The van der Waals surface area contributed by atoms with Crippen molar-refractivity contribution < 1.29 is 24.1 Å². The predicted octanol–water partition coefficient (Wildman–Crippen LogP) is 3.76. The minimum absolute atomic E-state index is 0.0135. The Morgan fingerprint density at radius 3 is 2.64 bits per heavy atom. The largest absolute Gasteiger partial charge is 0.459 e. The summed E-state index contributed by atoms with van der Waals surface area (Å²) in [6, 6.07) is 0. The Balaban J connectivity index is 1.61. The number of carbonyl (C=O) groups excluding carboxylic acids is 1. The highest BCUT2D eigenvalue weighted by atomic mass is 16.7. The number of esters is 1. The van der Waals surface area contributed by atoms with Crippen molar-refractivity contribution in [2.45, 2.75) is 77.8 Å². The van der Waals surface area contributed by atoms with E-state index in [4.69, 9.17) is 14.2 Å². The lowest BCUT2D eigenvalue weighted by atomic mass is 9.46. The molecule has 0 radical (unpaired) electrons. The van der Waals surface area contributed by atoms with E-state index in [1.54, 1.807) is 0 Å². The molecule has 156 valence electrons. The smallest absolute Gasteiger partial charge is 0.336 e. The SMILES string of the molecule is C=C1CC[C@@H]2[C@]3(C)COC(C)(C)O[C@@H]3CC[C@]2(C)[C@H]1C/C=C1/C(=O)OC[C@H]1O. The predicted molar refractivity (Wildman–Crippen MR) is 105 cm³/mol. The third-order valence-electron chi connectivity index (χ3n) is 8.01. The molecule has 5 nitrogen and oxygen atoms in total. The van der Waals surface area contributed by atoms with E-state index in [-0.39, 0.29) is 35.4 Å². The van der Waals surface area contributed by atoms with Crippen molar-refractivity contribution in [3.8, 4) is 0 Å². The van der Waals surface area contributed by atoms with Crippen LogP contribution in [0.4, 0.5) is 0 Å². The van der Waals surface area contributed by atoms with Crippen LogP contribution in [0, 0.1) is 22.7 Å². The maximum atomic E-state index is 11.9. The Hall–Kier alpha value is -1.17. The van der Waals surface area contributed by atoms with Gasteiger partial charge in [-0.3, -0.25) is 0 Å². The van der Waals surface area contributed by atoms with Crippen LogP contribution in [0.2, 0.25) is 0 Å². The molecular formula is C23H34O5. The molecule has 4 fully saturated rings. The molecule has 2 aliphatic carbocycles. The van der Waals surface area contributed by atoms with Crippen LogP contribution in [0.5, 0.6) is 0 Å². The number of ether oxygens (including phenoxy) is 3. The quantitative estimate of drug-likeness (QED) is 0.442. The fraction of sp³-hybridized carbons (Fsp3) is 0.783. The van der Waals surface area contributed by atoms with Gasteiger partial charge in [0.05, 0.1) is 18.3 Å². The molecule has 0 bridgehead atoms. The highest BCUT2D eigenvalue weighted by Crippen LogP contribution is 2.63. The molecule has 0 aromatic carbocycles. The molecule has 0 spiro atoms. The summed E-state index contributed by atoms with van der Waals surface area (Å²) in [5, 5.41) is 10.0. The summed E-state index contributed by atoms with van der Waals surface area (Å²) in [5.41, 5.74) is 1.74. The highest BCUT2D eigenvalue weighted by Gasteiger charge is 2.60. The second-order valence-corrected chi connectivity index (χ2v) is 10.2. The topological polar surface area (TPSA) is 65.0 Å². The Morgan fingerprint density at radius 1 is 1.21 bits per heavy atom. The molecule has 0 aromatic rings. The van der Waals surface area contributed by atoms with Gasteiger partial charge in [-0.2, -0.15) is 0 Å². The molecule has 2 heterocycles. The third kappa shape index (κ3) is 3.06. The van der Waals surface area contributed by atoms with Gasteiger partial charge in [0.15, 0.2) is 5.79 Å². The molecule has 1 N–H and O–H groups in total. The van der Waals surface area contributed by atoms with E-state index in [9.17, 15) is 9.90 Å². The fourth-order valence-corrected chi connectivity index (χ4v) is 6.43. The van der Waals surface area contributed by atoms with E-state index in [0.717, 1.165) is 38.7 Å². The van der Waals surface area contributed by atoms with Gasteiger partial charge in [0.25, 0.3) is 0 Å². The zero-order valence-electron chi connectivity index (χ0n) is 17.6. The van der Waals surface area contributed by atoms with Gasteiger partial charge in [-0.25, -0.2) is 4.79 Å². The maximum absolute atomic E-state index is 11.9. The lowest BCUT2D eigenvalue weighted by Crippen LogP contribution is -2.62.